The molecule has 2 heterocycles. The number of fused-ring (bicyclic) bond motifs is 2. The van der Waals surface area contributed by atoms with Crippen LogP contribution in [-0.2, 0) is 0 Å². The van der Waals surface area contributed by atoms with Gasteiger partial charge in [0.1, 0.15) is 16.0 Å². The lowest BCUT2D eigenvalue weighted by atomic mass is 10.1. The Kier molecular flexibility index (Phi) is 3.99. The van der Waals surface area contributed by atoms with Gasteiger partial charge in [-0.3, -0.25) is 14.9 Å². The highest BCUT2D eigenvalue weighted by Gasteiger charge is 2.18. The Bertz CT molecular complexity index is 1430. The number of aromatic nitrogens is 3. The number of carbonyl (C=O) groups excluding carboxylic acids is 1. The molecule has 0 atom stereocenters. The van der Waals surface area contributed by atoms with Crippen LogP contribution in [0.5, 0.6) is 0 Å². The third kappa shape index (κ3) is 3.04. The van der Waals surface area contributed by atoms with Crippen LogP contribution in [0, 0.1) is 10.1 Å². The Labute approximate surface area is 168 Å². The zero-order valence-electron chi connectivity index (χ0n) is 15.4. The summed E-state index contributed by atoms with van der Waals surface area (Å²) in [5.41, 5.74) is 2.56. The molecule has 0 aliphatic heterocycles. The largest absolute Gasteiger partial charge is 0.433 e. The van der Waals surface area contributed by atoms with Gasteiger partial charge in [0.2, 0.25) is 0 Å². The van der Waals surface area contributed by atoms with Gasteiger partial charge in [-0.05, 0) is 35.7 Å². The summed E-state index contributed by atoms with van der Waals surface area (Å²) < 4.78 is 4.93. The lowest BCUT2D eigenvalue weighted by molar-refractivity contribution is -0.402. The van der Waals surface area contributed by atoms with Crippen molar-refractivity contribution in [1.29, 1.82) is 0 Å². The van der Waals surface area contributed by atoms with Crippen molar-refractivity contribution in [3.63, 3.8) is 0 Å². The minimum absolute atomic E-state index is 0.152. The number of nitrogens with one attached hydrogen (secondary N) is 1. The molecule has 0 bridgehead atoms. The highest BCUT2D eigenvalue weighted by molar-refractivity contribution is 6.03. The molecule has 30 heavy (non-hydrogen) atoms. The maximum absolute atomic E-state index is 12.3. The van der Waals surface area contributed by atoms with Crippen molar-refractivity contribution in [2.24, 2.45) is 0 Å². The molecule has 0 spiro atoms. The lowest BCUT2D eigenvalue weighted by Crippen LogP contribution is -2.10. The van der Waals surface area contributed by atoms with E-state index in [-0.39, 0.29) is 5.76 Å². The van der Waals surface area contributed by atoms with E-state index in [0.29, 0.717) is 16.7 Å². The zero-order chi connectivity index (χ0) is 20.7. The Morgan fingerprint density at radius 1 is 0.967 bits per heavy atom. The third-order valence-electron chi connectivity index (χ3n) is 4.62. The van der Waals surface area contributed by atoms with Gasteiger partial charge < -0.3 is 9.73 Å². The first-order chi connectivity index (χ1) is 14.6. The maximum atomic E-state index is 12.3. The first-order valence-corrected chi connectivity index (χ1v) is 8.99. The minimum atomic E-state index is -0.700. The number of benzene rings is 3. The number of amides is 1. The van der Waals surface area contributed by atoms with Crippen LogP contribution in [0.4, 0.5) is 11.6 Å². The van der Waals surface area contributed by atoms with Crippen molar-refractivity contribution in [2.45, 2.75) is 0 Å². The number of rotatable bonds is 4. The number of hydrogen-bond donors (Lipinski definition) is 1. The monoisotopic (exact) mass is 399 g/mol. The summed E-state index contributed by atoms with van der Waals surface area (Å²) in [6.07, 6.45) is 0. The van der Waals surface area contributed by atoms with E-state index in [1.54, 1.807) is 23.0 Å². The Morgan fingerprint density at radius 3 is 2.60 bits per heavy atom. The molecule has 0 aliphatic carbocycles. The van der Waals surface area contributed by atoms with E-state index in [1.807, 2.05) is 42.5 Å². The van der Waals surface area contributed by atoms with Crippen molar-refractivity contribution >= 4 is 39.3 Å². The molecule has 146 valence electrons. The summed E-state index contributed by atoms with van der Waals surface area (Å²) in [6, 6.07) is 21.4. The molecule has 9 heteroatoms. The second-order valence-corrected chi connectivity index (χ2v) is 6.54. The van der Waals surface area contributed by atoms with Crippen LogP contribution in [0.15, 0.2) is 77.2 Å². The van der Waals surface area contributed by atoms with Crippen molar-refractivity contribution in [3.05, 3.63) is 88.7 Å². The molecule has 9 nitrogen and oxygen atoms in total. The van der Waals surface area contributed by atoms with E-state index in [0.717, 1.165) is 22.5 Å². The van der Waals surface area contributed by atoms with Crippen LogP contribution in [-0.4, -0.2) is 25.8 Å². The van der Waals surface area contributed by atoms with E-state index < -0.39 is 16.7 Å². The zero-order valence-corrected chi connectivity index (χ0v) is 15.4. The average molecular weight is 399 g/mol. The first-order valence-electron chi connectivity index (χ1n) is 8.99. The molecule has 5 aromatic rings. The van der Waals surface area contributed by atoms with Gasteiger partial charge in [-0.2, -0.15) is 0 Å². The molecule has 2 aromatic heterocycles. The fourth-order valence-electron chi connectivity index (χ4n) is 3.22. The number of furan rings is 1. The lowest BCUT2D eigenvalue weighted by Gasteiger charge is -2.04. The maximum Gasteiger partial charge on any atom is 0.433 e. The molecular formula is C21H13N5O4. The second kappa shape index (κ2) is 6.82. The normalized spacial score (nSPS) is 11.1. The molecule has 3 aromatic carbocycles. The predicted molar refractivity (Wildman–Crippen MR) is 110 cm³/mol. The number of nitrogens with zero attached hydrogens (tertiary/aromatic N) is 4. The summed E-state index contributed by atoms with van der Waals surface area (Å²) in [5, 5.41) is 24.5. The van der Waals surface area contributed by atoms with Crippen LogP contribution >= 0.6 is 0 Å². The molecule has 0 aliphatic rings. The molecule has 1 amide bonds. The Morgan fingerprint density at radius 2 is 1.77 bits per heavy atom. The molecule has 0 fully saturated rings. The summed E-state index contributed by atoms with van der Waals surface area (Å²) in [5.74, 6) is -1.24. The minimum Gasteiger partial charge on any atom is -0.395 e. The number of nitro groups is 1. The highest BCUT2D eigenvalue weighted by Crippen LogP contribution is 2.24. The van der Waals surface area contributed by atoms with Crippen molar-refractivity contribution in [2.75, 3.05) is 5.32 Å². The van der Waals surface area contributed by atoms with Gasteiger partial charge in [0.25, 0.3) is 5.91 Å². The smallest absolute Gasteiger partial charge is 0.395 e. The highest BCUT2D eigenvalue weighted by atomic mass is 16.6. The van der Waals surface area contributed by atoms with Gasteiger partial charge in [-0.25, -0.2) is 0 Å². The molecule has 0 radical (unpaired) electrons. The number of carbonyl (C=O) groups is 1. The molecular weight excluding hydrogens is 386 g/mol. The Hall–Kier alpha value is -4.53. The number of hydrogen-bond acceptors (Lipinski definition) is 6. The SMILES string of the molecule is O=C(Nc1ccc2nn(-c3cccc4ccccc34)nc2c1)c1ccc([N+](=O)[O-])o1. The molecule has 0 saturated carbocycles. The van der Waals surface area contributed by atoms with Crippen molar-refractivity contribution in [3.8, 4) is 5.69 Å². The first kappa shape index (κ1) is 17.6. The van der Waals surface area contributed by atoms with Gasteiger partial charge in [-0.1, -0.05) is 36.4 Å². The van der Waals surface area contributed by atoms with Gasteiger partial charge in [-0.15, -0.1) is 15.0 Å². The van der Waals surface area contributed by atoms with Gasteiger partial charge >= 0.3 is 5.88 Å². The van der Waals surface area contributed by atoms with Crippen LogP contribution in [0.3, 0.4) is 0 Å². The van der Waals surface area contributed by atoms with Crippen LogP contribution in [0.1, 0.15) is 10.6 Å². The predicted octanol–water partition coefficient (Wildman–Crippen LogP) is 4.33. The Balaban J connectivity index is 1.46. The average Bonchev–Trinajstić information content (AvgIpc) is 3.40. The van der Waals surface area contributed by atoms with E-state index in [1.165, 1.54) is 6.07 Å². The van der Waals surface area contributed by atoms with E-state index in [4.69, 9.17) is 4.42 Å². The third-order valence-corrected chi connectivity index (χ3v) is 4.62. The topological polar surface area (TPSA) is 116 Å². The second-order valence-electron chi connectivity index (χ2n) is 6.54. The van der Waals surface area contributed by atoms with Gasteiger partial charge in [0.15, 0.2) is 5.76 Å². The molecule has 0 unspecified atom stereocenters. The van der Waals surface area contributed by atoms with E-state index in [9.17, 15) is 14.9 Å². The quantitative estimate of drug-likeness (QED) is 0.355. The van der Waals surface area contributed by atoms with Crippen molar-refractivity contribution < 1.29 is 14.1 Å². The van der Waals surface area contributed by atoms with Crippen LogP contribution < -0.4 is 5.32 Å². The molecule has 1 N–H and O–H groups in total. The van der Waals surface area contributed by atoms with E-state index >= 15 is 0 Å². The van der Waals surface area contributed by atoms with Gasteiger partial charge in [0, 0.05) is 11.1 Å². The fraction of sp³-hybridized carbons (Fsp3) is 0. The van der Waals surface area contributed by atoms with Crippen LogP contribution in [0.25, 0.3) is 27.5 Å². The fourth-order valence-corrected chi connectivity index (χ4v) is 3.22. The van der Waals surface area contributed by atoms with Crippen molar-refractivity contribution in [1.82, 2.24) is 15.0 Å². The summed E-state index contributed by atoms with van der Waals surface area (Å²) >= 11 is 0. The summed E-state index contributed by atoms with van der Waals surface area (Å²) in [7, 11) is 0. The number of anilines is 1. The van der Waals surface area contributed by atoms with Gasteiger partial charge in [0.05, 0.1) is 11.8 Å². The van der Waals surface area contributed by atoms with E-state index in [2.05, 4.69) is 15.5 Å². The summed E-state index contributed by atoms with van der Waals surface area (Å²) in [6.45, 7) is 0. The molecule has 5 rings (SSSR count). The summed E-state index contributed by atoms with van der Waals surface area (Å²) in [4.78, 5) is 23.9. The van der Waals surface area contributed by atoms with Crippen LogP contribution in [0.2, 0.25) is 0 Å². The standard InChI is InChI=1S/C21H13N5O4/c27-21(19-10-11-20(30-19)26(28)29)22-14-8-9-16-17(12-14)24-25(23-16)18-7-3-5-13-4-1-2-6-15(13)18/h1-12H,(H,22,27). The molecule has 0 saturated heterocycles.